The van der Waals surface area contributed by atoms with E-state index in [4.69, 9.17) is 0 Å². The molecular weight excluding hydrogens is 375 g/mol. The van der Waals surface area contributed by atoms with Crippen LogP contribution in [-0.4, -0.2) is 35.0 Å². The molecule has 0 saturated carbocycles. The van der Waals surface area contributed by atoms with Gasteiger partial charge in [0.2, 0.25) is 6.43 Å². The summed E-state index contributed by atoms with van der Waals surface area (Å²) in [7, 11) is 1.62. The van der Waals surface area contributed by atoms with E-state index >= 15 is 0 Å². The Morgan fingerprint density at radius 2 is 2.04 bits per heavy atom. The van der Waals surface area contributed by atoms with E-state index in [9.17, 15) is 22.0 Å². The Labute approximate surface area is 150 Å². The second-order valence-corrected chi connectivity index (χ2v) is 6.54. The summed E-state index contributed by atoms with van der Waals surface area (Å²) < 4.78 is 63.6. The molecule has 0 N–H and O–H groups in total. The molecule has 10 heteroatoms. The van der Waals surface area contributed by atoms with Crippen molar-refractivity contribution in [3.8, 4) is 0 Å². The van der Waals surface area contributed by atoms with Crippen molar-refractivity contribution >= 4 is 23.4 Å². The standard InChI is InChI=1S/C16H13F5N4S/c1-25-14-9(4-10(6-24-14)16(19,20)21)5-23-15(25)11-2-3-22-7-12(11)26-8-13(17)18/h2-4,6-7,13H,5,8H2,1H3. The number of pyridine rings is 2. The van der Waals surface area contributed by atoms with Crippen LogP contribution in [-0.2, 0) is 12.7 Å². The molecule has 3 rings (SSSR count). The predicted octanol–water partition coefficient (Wildman–Crippen LogP) is 4.25. The first-order valence-corrected chi connectivity index (χ1v) is 8.45. The first-order chi connectivity index (χ1) is 12.3. The molecule has 26 heavy (non-hydrogen) atoms. The van der Waals surface area contributed by atoms with Gasteiger partial charge in [0.15, 0.2) is 0 Å². The van der Waals surface area contributed by atoms with Crippen molar-refractivity contribution in [3.05, 3.63) is 47.4 Å². The van der Waals surface area contributed by atoms with Crippen molar-refractivity contribution in [1.29, 1.82) is 0 Å². The molecule has 0 aromatic carbocycles. The van der Waals surface area contributed by atoms with Crippen LogP contribution in [0.25, 0.3) is 0 Å². The zero-order valence-electron chi connectivity index (χ0n) is 13.5. The lowest BCUT2D eigenvalue weighted by atomic mass is 10.1. The highest BCUT2D eigenvalue weighted by Crippen LogP contribution is 2.34. The van der Waals surface area contributed by atoms with Crippen molar-refractivity contribution in [1.82, 2.24) is 9.97 Å². The van der Waals surface area contributed by atoms with Crippen LogP contribution >= 0.6 is 11.8 Å². The molecule has 3 heterocycles. The zero-order valence-corrected chi connectivity index (χ0v) is 14.3. The third-order valence-corrected chi connectivity index (χ3v) is 4.75. The summed E-state index contributed by atoms with van der Waals surface area (Å²) in [4.78, 5) is 14.3. The van der Waals surface area contributed by atoms with Crippen LogP contribution in [0.2, 0.25) is 0 Å². The number of nitrogens with zero attached hydrogens (tertiary/aromatic N) is 4. The molecule has 2 aromatic rings. The van der Waals surface area contributed by atoms with Crippen molar-refractivity contribution in [3.63, 3.8) is 0 Å². The summed E-state index contributed by atoms with van der Waals surface area (Å²) in [5.41, 5.74) is 0.0998. The highest BCUT2D eigenvalue weighted by Gasteiger charge is 2.33. The van der Waals surface area contributed by atoms with E-state index in [1.807, 2.05) is 0 Å². The number of alkyl halides is 5. The number of anilines is 1. The maximum Gasteiger partial charge on any atom is 0.417 e. The molecule has 0 amide bonds. The zero-order chi connectivity index (χ0) is 18.9. The number of thioether (sulfide) groups is 1. The van der Waals surface area contributed by atoms with Crippen molar-refractivity contribution in [2.75, 3.05) is 17.7 Å². The molecule has 0 aliphatic carbocycles. The number of hydrogen-bond acceptors (Lipinski definition) is 5. The van der Waals surface area contributed by atoms with Gasteiger partial charge in [-0.3, -0.25) is 9.98 Å². The number of fused-ring (bicyclic) bond motifs is 1. The van der Waals surface area contributed by atoms with Gasteiger partial charge >= 0.3 is 6.18 Å². The molecule has 1 aliphatic heterocycles. The summed E-state index contributed by atoms with van der Waals surface area (Å²) in [6, 6.07) is 2.66. The van der Waals surface area contributed by atoms with E-state index in [2.05, 4.69) is 15.0 Å². The first-order valence-electron chi connectivity index (χ1n) is 7.47. The highest BCUT2D eigenvalue weighted by molar-refractivity contribution is 7.99. The molecule has 2 aromatic heterocycles. The van der Waals surface area contributed by atoms with Crippen LogP contribution in [0.3, 0.4) is 0 Å². The quantitative estimate of drug-likeness (QED) is 0.580. The average molecular weight is 388 g/mol. The van der Waals surface area contributed by atoms with Gasteiger partial charge in [0.25, 0.3) is 0 Å². The number of aromatic nitrogens is 2. The normalized spacial score (nSPS) is 14.4. The summed E-state index contributed by atoms with van der Waals surface area (Å²) in [5, 5.41) is 0. The van der Waals surface area contributed by atoms with Gasteiger partial charge in [-0.25, -0.2) is 13.8 Å². The fourth-order valence-electron chi connectivity index (χ4n) is 2.54. The second kappa shape index (κ2) is 7.18. The molecule has 0 spiro atoms. The fourth-order valence-corrected chi connectivity index (χ4v) is 3.30. The Hall–Kier alpha value is -2.23. The molecular formula is C16H13F5N4S. The number of halogens is 5. The van der Waals surface area contributed by atoms with Gasteiger partial charge in [-0.05, 0) is 12.1 Å². The van der Waals surface area contributed by atoms with Crippen molar-refractivity contribution in [2.24, 2.45) is 4.99 Å². The van der Waals surface area contributed by atoms with E-state index in [1.54, 1.807) is 18.0 Å². The van der Waals surface area contributed by atoms with Gasteiger partial charge in [0.1, 0.15) is 11.7 Å². The summed E-state index contributed by atoms with van der Waals surface area (Å²) in [5.74, 6) is 0.410. The number of rotatable bonds is 4. The lowest BCUT2D eigenvalue weighted by molar-refractivity contribution is -0.137. The molecule has 0 saturated heterocycles. The maximum atomic E-state index is 12.8. The Morgan fingerprint density at radius 3 is 2.73 bits per heavy atom. The Bertz CT molecular complexity index is 838. The number of hydrogen-bond donors (Lipinski definition) is 0. The minimum Gasteiger partial charge on any atom is -0.314 e. The van der Waals surface area contributed by atoms with Crippen LogP contribution in [0, 0.1) is 0 Å². The monoisotopic (exact) mass is 388 g/mol. The van der Waals surface area contributed by atoms with E-state index in [0.717, 1.165) is 24.0 Å². The van der Waals surface area contributed by atoms with Crippen LogP contribution in [0.4, 0.5) is 27.8 Å². The van der Waals surface area contributed by atoms with Crippen LogP contribution in [0.1, 0.15) is 16.7 Å². The SMILES string of the molecule is CN1C(c2ccncc2SCC(F)F)=NCc2cc(C(F)(F)F)cnc21. The Kier molecular flexibility index (Phi) is 5.12. The molecule has 1 aliphatic rings. The topological polar surface area (TPSA) is 41.4 Å². The van der Waals surface area contributed by atoms with E-state index < -0.39 is 18.2 Å². The second-order valence-electron chi connectivity index (χ2n) is 5.48. The third kappa shape index (κ3) is 3.79. The maximum absolute atomic E-state index is 12.8. The molecule has 0 atom stereocenters. The first kappa shape index (κ1) is 18.6. The van der Waals surface area contributed by atoms with Gasteiger partial charge in [0.05, 0.1) is 17.9 Å². The summed E-state index contributed by atoms with van der Waals surface area (Å²) >= 11 is 0.949. The van der Waals surface area contributed by atoms with Crippen LogP contribution < -0.4 is 4.90 Å². The van der Waals surface area contributed by atoms with Gasteiger partial charge in [0, 0.05) is 41.7 Å². The lowest BCUT2D eigenvalue weighted by Gasteiger charge is -2.28. The predicted molar refractivity (Wildman–Crippen MR) is 88.8 cm³/mol. The third-order valence-electron chi connectivity index (χ3n) is 3.70. The van der Waals surface area contributed by atoms with Crippen molar-refractivity contribution < 1.29 is 22.0 Å². The Balaban J connectivity index is 1.93. The van der Waals surface area contributed by atoms with Gasteiger partial charge < -0.3 is 4.90 Å². The molecule has 0 bridgehead atoms. The molecule has 4 nitrogen and oxygen atoms in total. The van der Waals surface area contributed by atoms with Crippen LogP contribution in [0.5, 0.6) is 0 Å². The largest absolute Gasteiger partial charge is 0.417 e. The number of aliphatic imine (C=N–C) groups is 1. The Morgan fingerprint density at radius 1 is 1.27 bits per heavy atom. The molecule has 0 unspecified atom stereocenters. The fraction of sp³-hybridized carbons (Fsp3) is 0.312. The van der Waals surface area contributed by atoms with Gasteiger partial charge in [-0.15, -0.1) is 11.8 Å². The van der Waals surface area contributed by atoms with Crippen molar-refractivity contribution in [2.45, 2.75) is 24.0 Å². The molecule has 0 radical (unpaired) electrons. The number of amidine groups is 1. The van der Waals surface area contributed by atoms with E-state index in [-0.39, 0.29) is 12.3 Å². The molecule has 138 valence electrons. The highest BCUT2D eigenvalue weighted by atomic mass is 32.2. The minimum atomic E-state index is -4.48. The summed E-state index contributed by atoms with van der Waals surface area (Å²) in [6.45, 7) is 0.0210. The van der Waals surface area contributed by atoms with Gasteiger partial charge in [-0.1, -0.05) is 0 Å². The minimum absolute atomic E-state index is 0.0210. The van der Waals surface area contributed by atoms with E-state index in [1.165, 1.54) is 12.4 Å². The lowest BCUT2D eigenvalue weighted by Crippen LogP contribution is -2.32. The molecule has 0 fully saturated rings. The van der Waals surface area contributed by atoms with Gasteiger partial charge in [-0.2, -0.15) is 13.2 Å². The summed E-state index contributed by atoms with van der Waals surface area (Å²) in [6.07, 6.45) is -3.20. The van der Waals surface area contributed by atoms with E-state index in [0.29, 0.717) is 27.7 Å². The average Bonchev–Trinajstić information content (AvgIpc) is 2.59. The smallest absolute Gasteiger partial charge is 0.314 e. The van der Waals surface area contributed by atoms with Crippen LogP contribution in [0.15, 0.2) is 40.6 Å².